The van der Waals surface area contributed by atoms with Gasteiger partial charge in [-0.05, 0) is 36.5 Å². The zero-order chi connectivity index (χ0) is 12.9. The molecule has 96 valence electrons. The molecule has 17 heavy (non-hydrogen) atoms. The van der Waals surface area contributed by atoms with Crippen molar-refractivity contribution in [3.63, 3.8) is 0 Å². The van der Waals surface area contributed by atoms with E-state index in [1.165, 1.54) is 0 Å². The van der Waals surface area contributed by atoms with E-state index in [1.54, 1.807) is 19.2 Å². The lowest BCUT2D eigenvalue weighted by molar-refractivity contribution is -0.0328. The Labute approximate surface area is 103 Å². The number of nitrogen functional groups attached to an aromatic ring is 1. The first-order valence-corrected chi connectivity index (χ1v) is 6.09. The van der Waals surface area contributed by atoms with Crippen molar-refractivity contribution < 1.29 is 13.2 Å². The molecule has 0 aliphatic heterocycles. The number of benzene rings is 1. The predicted molar refractivity (Wildman–Crippen MR) is 65.7 cm³/mol. The van der Waals surface area contributed by atoms with E-state index >= 15 is 0 Å². The van der Waals surface area contributed by atoms with E-state index < -0.39 is 5.51 Å². The SMILES string of the molecule is CN(CCSC(F)(F)F)Cc1ccc(N)cc1. The van der Waals surface area contributed by atoms with Gasteiger partial charge in [-0.2, -0.15) is 13.2 Å². The monoisotopic (exact) mass is 264 g/mol. The van der Waals surface area contributed by atoms with Crippen LogP contribution < -0.4 is 5.73 Å². The smallest absolute Gasteiger partial charge is 0.399 e. The summed E-state index contributed by atoms with van der Waals surface area (Å²) >= 11 is 0.0132. The standard InChI is InChI=1S/C11H15F3N2S/c1-16(6-7-17-11(12,13)14)8-9-2-4-10(15)5-3-9/h2-5H,6-8,15H2,1H3. The molecular formula is C11H15F3N2S. The molecule has 0 spiro atoms. The van der Waals surface area contributed by atoms with E-state index in [9.17, 15) is 13.2 Å². The third-order valence-corrected chi connectivity index (χ3v) is 2.88. The third kappa shape index (κ3) is 6.43. The van der Waals surface area contributed by atoms with E-state index in [0.29, 0.717) is 18.8 Å². The van der Waals surface area contributed by atoms with Crippen LogP contribution in [0.4, 0.5) is 18.9 Å². The maximum Gasteiger partial charge on any atom is 0.441 e. The number of anilines is 1. The molecule has 0 saturated carbocycles. The first kappa shape index (κ1) is 14.2. The summed E-state index contributed by atoms with van der Waals surface area (Å²) in [4.78, 5) is 1.85. The van der Waals surface area contributed by atoms with E-state index in [-0.39, 0.29) is 17.5 Å². The van der Waals surface area contributed by atoms with Crippen LogP contribution in [-0.2, 0) is 6.54 Å². The minimum absolute atomic E-state index is 0.0132. The molecule has 0 aromatic heterocycles. The molecule has 2 nitrogen and oxygen atoms in total. The Bertz CT molecular complexity index is 338. The molecule has 0 fully saturated rings. The Balaban J connectivity index is 2.30. The van der Waals surface area contributed by atoms with Gasteiger partial charge in [-0.1, -0.05) is 12.1 Å². The van der Waals surface area contributed by atoms with Gasteiger partial charge in [0.05, 0.1) is 0 Å². The topological polar surface area (TPSA) is 29.3 Å². The van der Waals surface area contributed by atoms with Crippen molar-refractivity contribution in [1.82, 2.24) is 4.90 Å². The molecule has 0 unspecified atom stereocenters. The Morgan fingerprint density at radius 1 is 1.24 bits per heavy atom. The molecule has 1 aromatic carbocycles. The number of alkyl halides is 3. The quantitative estimate of drug-likeness (QED) is 0.829. The molecule has 0 aliphatic carbocycles. The molecule has 6 heteroatoms. The largest absolute Gasteiger partial charge is 0.441 e. The number of rotatable bonds is 5. The van der Waals surface area contributed by atoms with Crippen LogP contribution in [0.2, 0.25) is 0 Å². The lowest BCUT2D eigenvalue weighted by Gasteiger charge is -2.16. The first-order chi connectivity index (χ1) is 7.87. The van der Waals surface area contributed by atoms with Gasteiger partial charge in [0.25, 0.3) is 0 Å². The third-order valence-electron chi connectivity index (χ3n) is 2.17. The summed E-state index contributed by atoms with van der Waals surface area (Å²) in [6, 6.07) is 7.33. The van der Waals surface area contributed by atoms with Crippen LogP contribution >= 0.6 is 11.8 Å². The highest BCUT2D eigenvalue weighted by Crippen LogP contribution is 2.29. The highest BCUT2D eigenvalue weighted by Gasteiger charge is 2.27. The molecule has 0 radical (unpaired) electrons. The highest BCUT2D eigenvalue weighted by molar-refractivity contribution is 8.00. The maximum atomic E-state index is 11.9. The molecule has 0 bridgehead atoms. The second kappa shape index (κ2) is 6.16. The van der Waals surface area contributed by atoms with Gasteiger partial charge >= 0.3 is 5.51 Å². The first-order valence-electron chi connectivity index (χ1n) is 5.10. The van der Waals surface area contributed by atoms with Gasteiger partial charge < -0.3 is 10.6 Å². The van der Waals surface area contributed by atoms with Crippen LogP contribution in [0.1, 0.15) is 5.56 Å². The number of hydrogen-bond acceptors (Lipinski definition) is 3. The van der Waals surface area contributed by atoms with Crippen LogP contribution in [0.5, 0.6) is 0 Å². The van der Waals surface area contributed by atoms with Gasteiger partial charge in [0, 0.05) is 24.5 Å². The Morgan fingerprint density at radius 2 is 1.82 bits per heavy atom. The summed E-state index contributed by atoms with van der Waals surface area (Å²) in [5.74, 6) is 0.0506. The zero-order valence-corrected chi connectivity index (χ0v) is 10.3. The molecule has 0 atom stereocenters. The van der Waals surface area contributed by atoms with Crippen LogP contribution in [0, 0.1) is 0 Å². The lowest BCUT2D eigenvalue weighted by atomic mass is 10.2. The summed E-state index contributed by atoms with van der Waals surface area (Å²) in [5.41, 5.74) is 3.13. The number of nitrogens with two attached hydrogens (primary N) is 1. The fraction of sp³-hybridized carbons (Fsp3) is 0.455. The summed E-state index contributed by atoms with van der Waals surface area (Å²) in [6.07, 6.45) is 0. The van der Waals surface area contributed by atoms with Gasteiger partial charge in [-0.3, -0.25) is 0 Å². The number of halogens is 3. The molecule has 1 aromatic rings. The molecule has 0 amide bonds. The minimum Gasteiger partial charge on any atom is -0.399 e. The van der Waals surface area contributed by atoms with E-state index in [1.807, 2.05) is 17.0 Å². The molecule has 0 aliphatic rings. The van der Waals surface area contributed by atoms with Gasteiger partial charge in [-0.25, -0.2) is 0 Å². The van der Waals surface area contributed by atoms with Crippen molar-refractivity contribution in [1.29, 1.82) is 0 Å². The maximum absolute atomic E-state index is 11.9. The molecule has 1 rings (SSSR count). The van der Waals surface area contributed by atoms with Gasteiger partial charge in [0.1, 0.15) is 0 Å². The molecule has 0 heterocycles. The number of nitrogens with zero attached hydrogens (tertiary/aromatic N) is 1. The fourth-order valence-corrected chi connectivity index (χ4v) is 1.97. The lowest BCUT2D eigenvalue weighted by Crippen LogP contribution is -2.21. The van der Waals surface area contributed by atoms with Gasteiger partial charge in [-0.15, -0.1) is 0 Å². The fourth-order valence-electron chi connectivity index (χ4n) is 1.33. The normalized spacial score (nSPS) is 12.1. The summed E-state index contributed by atoms with van der Waals surface area (Å²) in [6.45, 7) is 1.02. The second-order valence-corrected chi connectivity index (χ2v) is 4.93. The molecule has 2 N–H and O–H groups in total. The Kier molecular flexibility index (Phi) is 5.14. The average Bonchev–Trinajstić information content (AvgIpc) is 2.19. The van der Waals surface area contributed by atoms with Crippen molar-refractivity contribution in [2.24, 2.45) is 0 Å². The van der Waals surface area contributed by atoms with Crippen LogP contribution in [0.25, 0.3) is 0 Å². The predicted octanol–water partition coefficient (Wildman–Crippen LogP) is 2.95. The van der Waals surface area contributed by atoms with Crippen LogP contribution in [-0.4, -0.2) is 29.8 Å². The number of thioether (sulfide) groups is 1. The van der Waals surface area contributed by atoms with Crippen molar-refractivity contribution in [2.45, 2.75) is 12.1 Å². The number of hydrogen-bond donors (Lipinski definition) is 1. The van der Waals surface area contributed by atoms with E-state index in [4.69, 9.17) is 5.73 Å². The van der Waals surface area contributed by atoms with Crippen LogP contribution in [0.3, 0.4) is 0 Å². The summed E-state index contributed by atoms with van der Waals surface area (Å²) in [7, 11) is 1.80. The Hall–Kier alpha value is -0.880. The zero-order valence-electron chi connectivity index (χ0n) is 9.50. The van der Waals surface area contributed by atoms with Gasteiger partial charge in [0.15, 0.2) is 0 Å². The van der Waals surface area contributed by atoms with Crippen molar-refractivity contribution in [2.75, 3.05) is 25.1 Å². The van der Waals surface area contributed by atoms with E-state index in [2.05, 4.69) is 0 Å². The van der Waals surface area contributed by atoms with Gasteiger partial charge in [0.2, 0.25) is 0 Å². The molecule has 0 saturated heterocycles. The summed E-state index contributed by atoms with van der Waals surface area (Å²) < 4.78 is 35.7. The Morgan fingerprint density at radius 3 is 2.35 bits per heavy atom. The van der Waals surface area contributed by atoms with Crippen molar-refractivity contribution >= 4 is 17.4 Å². The van der Waals surface area contributed by atoms with Crippen molar-refractivity contribution in [3.05, 3.63) is 29.8 Å². The second-order valence-electron chi connectivity index (χ2n) is 3.77. The van der Waals surface area contributed by atoms with Crippen LogP contribution in [0.15, 0.2) is 24.3 Å². The highest BCUT2D eigenvalue weighted by atomic mass is 32.2. The minimum atomic E-state index is -4.14. The average molecular weight is 264 g/mol. The van der Waals surface area contributed by atoms with E-state index in [0.717, 1.165) is 5.56 Å². The van der Waals surface area contributed by atoms with Crippen molar-refractivity contribution in [3.8, 4) is 0 Å². The molecular weight excluding hydrogens is 249 g/mol. The summed E-state index contributed by atoms with van der Waals surface area (Å²) in [5, 5.41) is 0.